The summed E-state index contributed by atoms with van der Waals surface area (Å²) in [6, 6.07) is 13.6. The molecule has 0 radical (unpaired) electrons. The van der Waals surface area contributed by atoms with Gasteiger partial charge in [0.2, 0.25) is 0 Å². The Balaban J connectivity index is 0.00000163. The molecule has 0 heterocycles. The molecule has 0 aliphatic carbocycles. The molecule has 0 unspecified atom stereocenters. The molecule has 0 spiro atoms. The predicted octanol–water partition coefficient (Wildman–Crippen LogP) is 4.75. The molecule has 1 amide bonds. The number of carbonyl (C=O) groups is 1. The summed E-state index contributed by atoms with van der Waals surface area (Å²) in [4.78, 5) is 16.9. The number of oxime groups is 1. The van der Waals surface area contributed by atoms with Crippen LogP contribution in [-0.4, -0.2) is 25.8 Å². The zero-order valence-corrected chi connectivity index (χ0v) is 19.5. The fraction of sp³-hybridized carbons (Fsp3) is 0.263. The average Bonchev–Trinajstić information content (AvgIpc) is 2.68. The Bertz CT molecular complexity index is 764. The summed E-state index contributed by atoms with van der Waals surface area (Å²) in [6.45, 7) is 4.36. The second-order valence-electron chi connectivity index (χ2n) is 5.42. The standard InChI is InChI=1S/C19H22N2O3.I2/c1-13-9-10-14(2)17(11-13)24-12-15-7-5-6-8-16(15)18(21-23-4)19(22)20-3;1-2/h5-11H,12H2,1-4H3,(H,20,22);/b21-18-;. The lowest BCUT2D eigenvalue weighted by Gasteiger charge is -2.13. The Morgan fingerprint density at radius 1 is 1.15 bits per heavy atom. The highest BCUT2D eigenvalue weighted by molar-refractivity contribution is 15.0. The third-order valence-electron chi connectivity index (χ3n) is 3.62. The maximum absolute atomic E-state index is 12.1. The van der Waals surface area contributed by atoms with Crippen LogP contribution in [0.2, 0.25) is 0 Å². The van der Waals surface area contributed by atoms with Gasteiger partial charge in [0.15, 0.2) is 5.71 Å². The molecule has 1 N–H and O–H groups in total. The highest BCUT2D eigenvalue weighted by Crippen LogP contribution is 2.21. The number of ether oxygens (including phenoxy) is 1. The molecular weight excluding hydrogens is 558 g/mol. The quantitative estimate of drug-likeness (QED) is 0.305. The molecule has 0 aliphatic rings. The summed E-state index contributed by atoms with van der Waals surface area (Å²) in [5, 5.41) is 6.44. The molecule has 0 aromatic heterocycles. The maximum Gasteiger partial charge on any atom is 0.273 e. The average molecular weight is 580 g/mol. The Kier molecular flexibility index (Phi) is 10.6. The van der Waals surface area contributed by atoms with E-state index in [1.165, 1.54) is 7.11 Å². The molecule has 0 bridgehead atoms. The minimum atomic E-state index is -0.309. The summed E-state index contributed by atoms with van der Waals surface area (Å²) < 4.78 is 5.96. The molecule has 5 nitrogen and oxygen atoms in total. The lowest BCUT2D eigenvalue weighted by molar-refractivity contribution is -0.114. The van der Waals surface area contributed by atoms with Crippen molar-refractivity contribution >= 4 is 48.9 Å². The number of halogens is 2. The van der Waals surface area contributed by atoms with E-state index in [9.17, 15) is 4.79 Å². The molecule has 140 valence electrons. The SMILES string of the molecule is CNC(=O)/C(=N\OC)c1ccccc1COc1cc(C)ccc1C.II. The van der Waals surface area contributed by atoms with Crippen molar-refractivity contribution in [2.24, 2.45) is 5.16 Å². The minimum absolute atomic E-state index is 0.222. The summed E-state index contributed by atoms with van der Waals surface area (Å²) in [5.41, 5.74) is 3.97. The first-order valence-electron chi connectivity index (χ1n) is 7.82. The van der Waals surface area contributed by atoms with Crippen LogP contribution in [0.3, 0.4) is 0 Å². The zero-order valence-electron chi connectivity index (χ0n) is 15.2. The van der Waals surface area contributed by atoms with E-state index < -0.39 is 0 Å². The van der Waals surface area contributed by atoms with Gasteiger partial charge in [0, 0.05) is 49.8 Å². The van der Waals surface area contributed by atoms with E-state index >= 15 is 0 Å². The first-order chi connectivity index (χ1) is 12.6. The second-order valence-corrected chi connectivity index (χ2v) is 5.42. The Labute approximate surface area is 177 Å². The summed E-state index contributed by atoms with van der Waals surface area (Å²) >= 11 is 4.24. The van der Waals surface area contributed by atoms with Crippen LogP contribution >= 0.6 is 37.2 Å². The van der Waals surface area contributed by atoms with E-state index in [4.69, 9.17) is 9.57 Å². The Morgan fingerprint density at radius 2 is 1.85 bits per heavy atom. The van der Waals surface area contributed by atoms with Crippen molar-refractivity contribution < 1.29 is 14.4 Å². The molecule has 0 atom stereocenters. The van der Waals surface area contributed by atoms with Crippen LogP contribution in [-0.2, 0) is 16.2 Å². The van der Waals surface area contributed by atoms with Gasteiger partial charge in [0.05, 0.1) is 0 Å². The summed E-state index contributed by atoms with van der Waals surface area (Å²) in [6.07, 6.45) is 0. The molecule has 7 heteroatoms. The van der Waals surface area contributed by atoms with Crippen LogP contribution in [0.5, 0.6) is 5.75 Å². The maximum atomic E-state index is 12.1. The molecule has 2 aromatic carbocycles. The molecule has 0 saturated heterocycles. The van der Waals surface area contributed by atoms with Gasteiger partial charge >= 0.3 is 0 Å². The molecule has 0 fully saturated rings. The van der Waals surface area contributed by atoms with E-state index in [1.54, 1.807) is 7.05 Å². The number of hydrogen-bond acceptors (Lipinski definition) is 4. The smallest absolute Gasteiger partial charge is 0.273 e. The Morgan fingerprint density at radius 3 is 2.50 bits per heavy atom. The molecular formula is C19H22I2N2O3. The molecule has 0 aliphatic heterocycles. The number of hydrogen-bond donors (Lipinski definition) is 1. The number of benzene rings is 2. The van der Waals surface area contributed by atoms with Gasteiger partial charge in [0.1, 0.15) is 19.5 Å². The van der Waals surface area contributed by atoms with Crippen molar-refractivity contribution in [3.8, 4) is 5.75 Å². The fourth-order valence-corrected chi connectivity index (χ4v) is 2.32. The van der Waals surface area contributed by atoms with Gasteiger partial charge < -0.3 is 14.9 Å². The largest absolute Gasteiger partial charge is 0.489 e. The van der Waals surface area contributed by atoms with E-state index in [-0.39, 0.29) is 11.6 Å². The zero-order chi connectivity index (χ0) is 19.5. The third kappa shape index (κ3) is 6.42. The van der Waals surface area contributed by atoms with Crippen LogP contribution in [0.15, 0.2) is 47.6 Å². The van der Waals surface area contributed by atoms with Gasteiger partial charge in [-0.2, -0.15) is 0 Å². The number of aryl methyl sites for hydroxylation is 2. The highest BCUT2D eigenvalue weighted by Gasteiger charge is 2.17. The van der Waals surface area contributed by atoms with E-state index in [0.29, 0.717) is 12.2 Å². The van der Waals surface area contributed by atoms with Crippen LogP contribution < -0.4 is 10.1 Å². The molecule has 2 aromatic rings. The molecule has 26 heavy (non-hydrogen) atoms. The van der Waals surface area contributed by atoms with Crippen molar-refractivity contribution in [3.63, 3.8) is 0 Å². The number of rotatable bonds is 6. The monoisotopic (exact) mass is 580 g/mol. The topological polar surface area (TPSA) is 59.9 Å². The van der Waals surface area contributed by atoms with Crippen molar-refractivity contribution in [3.05, 3.63) is 64.7 Å². The van der Waals surface area contributed by atoms with Gasteiger partial charge in [0.25, 0.3) is 5.91 Å². The van der Waals surface area contributed by atoms with Crippen molar-refractivity contribution in [2.75, 3.05) is 14.2 Å². The fourth-order valence-electron chi connectivity index (χ4n) is 2.32. The normalized spacial score (nSPS) is 10.5. The number of nitrogens with zero attached hydrogens (tertiary/aromatic N) is 1. The van der Waals surface area contributed by atoms with Crippen molar-refractivity contribution in [1.29, 1.82) is 0 Å². The van der Waals surface area contributed by atoms with Gasteiger partial charge in [-0.05, 0) is 36.6 Å². The Hall–Kier alpha value is -1.36. The lowest BCUT2D eigenvalue weighted by atomic mass is 10.0. The minimum Gasteiger partial charge on any atom is -0.489 e. The first kappa shape index (κ1) is 22.7. The van der Waals surface area contributed by atoms with E-state index in [2.05, 4.69) is 47.7 Å². The number of nitrogens with one attached hydrogen (secondary N) is 1. The summed E-state index contributed by atoms with van der Waals surface area (Å²) in [7, 11) is 2.97. The van der Waals surface area contributed by atoms with E-state index in [1.807, 2.05) is 56.3 Å². The summed E-state index contributed by atoms with van der Waals surface area (Å²) in [5.74, 6) is 0.519. The molecule has 0 saturated carbocycles. The van der Waals surface area contributed by atoms with Gasteiger partial charge in [-0.15, -0.1) is 0 Å². The van der Waals surface area contributed by atoms with Crippen LogP contribution in [0.1, 0.15) is 22.3 Å². The predicted molar refractivity (Wildman–Crippen MR) is 122 cm³/mol. The first-order valence-corrected chi connectivity index (χ1v) is 14.1. The van der Waals surface area contributed by atoms with Crippen molar-refractivity contribution in [2.45, 2.75) is 20.5 Å². The van der Waals surface area contributed by atoms with Crippen LogP contribution in [0.25, 0.3) is 0 Å². The van der Waals surface area contributed by atoms with Crippen LogP contribution in [0.4, 0.5) is 0 Å². The van der Waals surface area contributed by atoms with Gasteiger partial charge in [-0.1, -0.05) is 41.6 Å². The lowest BCUT2D eigenvalue weighted by Crippen LogP contribution is -2.29. The number of likely N-dealkylation sites (N-methyl/N-ethyl adjacent to an activating group) is 1. The van der Waals surface area contributed by atoms with Crippen molar-refractivity contribution in [1.82, 2.24) is 5.32 Å². The van der Waals surface area contributed by atoms with Crippen LogP contribution in [0, 0.1) is 13.8 Å². The van der Waals surface area contributed by atoms with Gasteiger partial charge in [-0.25, -0.2) is 0 Å². The number of carbonyl (C=O) groups excluding carboxylic acids is 1. The van der Waals surface area contributed by atoms with Gasteiger partial charge in [-0.3, -0.25) is 4.79 Å². The highest BCUT2D eigenvalue weighted by atomic mass is 128. The second kappa shape index (κ2) is 12.1. The number of amides is 1. The third-order valence-corrected chi connectivity index (χ3v) is 3.62. The van der Waals surface area contributed by atoms with E-state index in [0.717, 1.165) is 22.4 Å². The molecule has 2 rings (SSSR count).